The fraction of sp³-hybridized carbons (Fsp3) is 0. The summed E-state index contributed by atoms with van der Waals surface area (Å²) < 4.78 is 117. The average molecular weight is 337 g/mol. The van der Waals surface area contributed by atoms with E-state index in [9.17, 15) is 51.8 Å². The van der Waals surface area contributed by atoms with Gasteiger partial charge in [-0.25, -0.2) is 0 Å². The molecule has 0 aromatic heterocycles. The standard InChI is InChI=1S/3BF4.ClH.K.H/c3*2-1(3,4)5;;;/h;;;1H;;/q3*-1;;+1;-1. The van der Waals surface area contributed by atoms with Gasteiger partial charge in [-0.05, 0) is 0 Å². The Balaban J connectivity index is -0.0000000277. The third-order valence-corrected chi connectivity index (χ3v) is 0. The number of halogens is 13. The molecule has 0 fully saturated rings. The SMILES string of the molecule is Cl.F[B-](F)(F)F.F[B-](F)(F)F.F[B-](F)(F)F.[H-].[K+]. The van der Waals surface area contributed by atoms with Crippen molar-refractivity contribution in [3.8, 4) is 0 Å². The zero-order valence-corrected chi connectivity index (χ0v) is 11.6. The van der Waals surface area contributed by atoms with Crippen LogP contribution >= 0.6 is 12.4 Å². The van der Waals surface area contributed by atoms with Gasteiger partial charge in [0.1, 0.15) is 0 Å². The van der Waals surface area contributed by atoms with Crippen LogP contribution in [0, 0.1) is 0 Å². The summed E-state index contributed by atoms with van der Waals surface area (Å²) >= 11 is 0. The van der Waals surface area contributed by atoms with Gasteiger partial charge in [0.05, 0.1) is 0 Å². The van der Waals surface area contributed by atoms with Gasteiger partial charge >= 0.3 is 73.1 Å². The van der Waals surface area contributed by atoms with Crippen molar-refractivity contribution in [1.29, 1.82) is 0 Å². The summed E-state index contributed by atoms with van der Waals surface area (Å²) in [5, 5.41) is 0. The summed E-state index contributed by atoms with van der Waals surface area (Å²) in [4.78, 5) is 0. The molecule has 0 saturated carbocycles. The molecule has 0 aliphatic rings. The van der Waals surface area contributed by atoms with Crippen LogP contribution in [0.15, 0.2) is 0 Å². The first-order valence-electron chi connectivity index (χ1n) is 2.62. The molecule has 0 nitrogen and oxygen atoms in total. The molecule has 0 spiro atoms. The molecule has 0 rings (SSSR count). The molecule has 0 aliphatic heterocycles. The van der Waals surface area contributed by atoms with Gasteiger partial charge in [0.25, 0.3) is 0 Å². The van der Waals surface area contributed by atoms with Crippen molar-refractivity contribution in [3.05, 3.63) is 0 Å². The van der Waals surface area contributed by atoms with Gasteiger partial charge in [0, 0.05) is 0 Å². The maximum absolute atomic E-state index is 9.75. The first-order valence-corrected chi connectivity index (χ1v) is 2.62. The maximum atomic E-state index is 9.75. The smallest absolute Gasteiger partial charge is 1.00 e. The second kappa shape index (κ2) is 12.3. The van der Waals surface area contributed by atoms with E-state index < -0.39 is 21.8 Å². The number of rotatable bonds is 0. The topological polar surface area (TPSA) is 0 Å². The molecule has 0 aromatic rings. The molecule has 0 radical (unpaired) electrons. The quantitative estimate of drug-likeness (QED) is 0.464. The van der Waals surface area contributed by atoms with Crippen molar-refractivity contribution in [2.45, 2.75) is 0 Å². The minimum absolute atomic E-state index is 0. The third-order valence-electron chi connectivity index (χ3n) is 0. The molecule has 17 heavy (non-hydrogen) atoms. The van der Waals surface area contributed by atoms with Crippen molar-refractivity contribution >= 4 is 34.2 Å². The van der Waals surface area contributed by atoms with Crippen molar-refractivity contribution in [2.75, 3.05) is 0 Å². The predicted molar refractivity (Wildman–Crippen MR) is 38.9 cm³/mol. The second-order valence-electron chi connectivity index (χ2n) is 1.48. The third kappa shape index (κ3) is 2460. The molecule has 0 bridgehead atoms. The fourth-order valence-electron chi connectivity index (χ4n) is 0. The summed E-state index contributed by atoms with van der Waals surface area (Å²) in [7, 11) is -18.0. The minimum atomic E-state index is -6.00. The van der Waals surface area contributed by atoms with Gasteiger partial charge < -0.3 is 53.2 Å². The van der Waals surface area contributed by atoms with Crippen LogP contribution in [-0.4, -0.2) is 21.8 Å². The van der Waals surface area contributed by atoms with Crippen LogP contribution in [0.25, 0.3) is 0 Å². The van der Waals surface area contributed by atoms with Gasteiger partial charge in [0.2, 0.25) is 0 Å². The Morgan fingerprint density at radius 2 is 0.412 bits per heavy atom. The normalized spacial score (nSPS) is 10.6. The van der Waals surface area contributed by atoms with Gasteiger partial charge in [-0.1, -0.05) is 0 Å². The zero-order valence-electron chi connectivity index (χ0n) is 8.68. The van der Waals surface area contributed by atoms with E-state index in [4.69, 9.17) is 0 Å². The second-order valence-corrected chi connectivity index (χ2v) is 1.48. The zero-order chi connectivity index (χ0) is 13.5. The molecule has 106 valence electrons. The van der Waals surface area contributed by atoms with Crippen LogP contribution in [0.2, 0.25) is 0 Å². The average Bonchev–Trinajstić information content (AvgIpc) is 1.41. The van der Waals surface area contributed by atoms with E-state index in [1.165, 1.54) is 0 Å². The molecular formula is H2B3ClF12K-3. The summed E-state index contributed by atoms with van der Waals surface area (Å²) in [5.41, 5.74) is 0. The van der Waals surface area contributed by atoms with E-state index in [1.54, 1.807) is 0 Å². The molecule has 0 amide bonds. The largest absolute Gasteiger partial charge is 1.00 e. The number of hydrogen-bond donors (Lipinski definition) is 0. The van der Waals surface area contributed by atoms with E-state index in [0.717, 1.165) is 0 Å². The van der Waals surface area contributed by atoms with E-state index in [1.807, 2.05) is 0 Å². The van der Waals surface area contributed by atoms with E-state index in [-0.39, 0.29) is 65.2 Å². The summed E-state index contributed by atoms with van der Waals surface area (Å²) in [6, 6.07) is 0. The first-order chi connectivity index (χ1) is 6.00. The van der Waals surface area contributed by atoms with Crippen molar-refractivity contribution in [3.63, 3.8) is 0 Å². The van der Waals surface area contributed by atoms with Crippen molar-refractivity contribution in [2.24, 2.45) is 0 Å². The van der Waals surface area contributed by atoms with Crippen LogP contribution < -0.4 is 51.4 Å². The molecule has 0 aromatic carbocycles. The first kappa shape index (κ1) is 31.0. The Bertz CT molecular complexity index is 102. The molecule has 0 saturated heterocycles. The van der Waals surface area contributed by atoms with Crippen LogP contribution in [0.4, 0.5) is 51.8 Å². The summed E-state index contributed by atoms with van der Waals surface area (Å²) in [5.74, 6) is 0. The fourth-order valence-corrected chi connectivity index (χ4v) is 0. The summed E-state index contributed by atoms with van der Waals surface area (Å²) in [6.07, 6.45) is 0. The molecule has 0 heterocycles. The minimum Gasteiger partial charge on any atom is -1.00 e. The Morgan fingerprint density at radius 3 is 0.412 bits per heavy atom. The van der Waals surface area contributed by atoms with Crippen LogP contribution in [0.5, 0.6) is 0 Å². The van der Waals surface area contributed by atoms with Crippen LogP contribution in [0.1, 0.15) is 1.43 Å². The van der Waals surface area contributed by atoms with E-state index >= 15 is 0 Å². The summed E-state index contributed by atoms with van der Waals surface area (Å²) in [6.45, 7) is 0. The Morgan fingerprint density at radius 1 is 0.412 bits per heavy atom. The van der Waals surface area contributed by atoms with E-state index in [2.05, 4.69) is 0 Å². The monoisotopic (exact) mass is 337 g/mol. The van der Waals surface area contributed by atoms with Crippen LogP contribution in [0.3, 0.4) is 0 Å². The Labute approximate surface area is 137 Å². The van der Waals surface area contributed by atoms with Gasteiger partial charge in [-0.3, -0.25) is 0 Å². The van der Waals surface area contributed by atoms with Crippen LogP contribution in [-0.2, 0) is 0 Å². The van der Waals surface area contributed by atoms with Gasteiger partial charge in [-0.15, -0.1) is 12.4 Å². The molecule has 0 N–H and O–H groups in total. The molecule has 17 heteroatoms. The Kier molecular flexibility index (Phi) is 22.4. The molecular weight excluding hydrogens is 335 g/mol. The molecule has 0 aliphatic carbocycles. The van der Waals surface area contributed by atoms with Crippen molar-refractivity contribution < 1.29 is 105 Å². The van der Waals surface area contributed by atoms with Crippen molar-refractivity contribution in [1.82, 2.24) is 0 Å². The number of hydrogen-bond acceptors (Lipinski definition) is 0. The Hall–Kier alpha value is 1.28. The maximum Gasteiger partial charge on any atom is 1.00 e. The van der Waals surface area contributed by atoms with Gasteiger partial charge in [-0.2, -0.15) is 0 Å². The predicted octanol–water partition coefficient (Wildman–Crippen LogP) is 1.44. The molecule has 0 atom stereocenters. The van der Waals surface area contributed by atoms with Gasteiger partial charge in [0.15, 0.2) is 0 Å². The van der Waals surface area contributed by atoms with E-state index in [0.29, 0.717) is 0 Å². The molecule has 0 unspecified atom stereocenters.